The highest BCUT2D eigenvalue weighted by molar-refractivity contribution is 6.30. The molecule has 0 fully saturated rings. The molecule has 1 N–H and O–H groups in total. The first-order valence-corrected chi connectivity index (χ1v) is 8.03. The summed E-state index contributed by atoms with van der Waals surface area (Å²) in [6, 6.07) is 14.2. The van der Waals surface area contributed by atoms with Gasteiger partial charge in [-0.25, -0.2) is 5.43 Å². The lowest BCUT2D eigenvalue weighted by Crippen LogP contribution is -2.44. The third-order valence-electron chi connectivity index (χ3n) is 3.72. The average Bonchev–Trinajstić information content (AvgIpc) is 2.63. The smallest absolute Gasteiger partial charge is 0.265 e. The number of para-hydroxylation sites is 2. The Bertz CT molecular complexity index is 834. The van der Waals surface area contributed by atoms with E-state index in [9.17, 15) is 9.59 Å². The van der Waals surface area contributed by atoms with Gasteiger partial charge in [0.15, 0.2) is 6.61 Å². The standard InChI is InChI=1S/C18H16ClN3O3/c1-12(13-6-8-14(19)9-7-13)20-21-17(23)10-22-15-4-2-3-5-16(15)25-11-18(22)24/h2-9H,10-11H2,1H3,(H,21,23)/b20-12-. The minimum atomic E-state index is -0.390. The van der Waals surface area contributed by atoms with Gasteiger partial charge in [-0.2, -0.15) is 5.10 Å². The third kappa shape index (κ3) is 3.97. The molecule has 6 nitrogen and oxygen atoms in total. The fourth-order valence-electron chi connectivity index (χ4n) is 2.41. The van der Waals surface area contributed by atoms with Crippen LogP contribution in [-0.2, 0) is 9.59 Å². The van der Waals surface area contributed by atoms with Gasteiger partial charge in [0.2, 0.25) is 0 Å². The highest BCUT2D eigenvalue weighted by atomic mass is 35.5. The lowest BCUT2D eigenvalue weighted by molar-refractivity contribution is -0.125. The van der Waals surface area contributed by atoms with Gasteiger partial charge in [-0.3, -0.25) is 14.5 Å². The summed E-state index contributed by atoms with van der Waals surface area (Å²) in [6.07, 6.45) is 0. The second-order valence-electron chi connectivity index (χ2n) is 5.48. The number of nitrogens with zero attached hydrogens (tertiary/aromatic N) is 2. The van der Waals surface area contributed by atoms with Crippen molar-refractivity contribution in [3.05, 3.63) is 59.1 Å². The van der Waals surface area contributed by atoms with E-state index in [0.29, 0.717) is 22.2 Å². The van der Waals surface area contributed by atoms with Crippen molar-refractivity contribution < 1.29 is 14.3 Å². The minimum Gasteiger partial charge on any atom is -0.482 e. The summed E-state index contributed by atoms with van der Waals surface area (Å²) < 4.78 is 5.35. The van der Waals surface area contributed by atoms with E-state index in [2.05, 4.69) is 10.5 Å². The van der Waals surface area contributed by atoms with Gasteiger partial charge in [0.1, 0.15) is 12.3 Å². The number of anilines is 1. The van der Waals surface area contributed by atoms with Crippen molar-refractivity contribution in [2.24, 2.45) is 5.10 Å². The molecule has 0 bridgehead atoms. The van der Waals surface area contributed by atoms with Gasteiger partial charge >= 0.3 is 0 Å². The van der Waals surface area contributed by atoms with Crippen LogP contribution in [0.1, 0.15) is 12.5 Å². The van der Waals surface area contributed by atoms with Crippen molar-refractivity contribution in [3.63, 3.8) is 0 Å². The number of nitrogens with one attached hydrogen (secondary N) is 1. The van der Waals surface area contributed by atoms with Crippen LogP contribution in [-0.4, -0.2) is 30.7 Å². The number of benzene rings is 2. The maximum absolute atomic E-state index is 12.2. The topological polar surface area (TPSA) is 71.0 Å². The van der Waals surface area contributed by atoms with Crippen molar-refractivity contribution in [2.75, 3.05) is 18.1 Å². The monoisotopic (exact) mass is 357 g/mol. The first-order chi connectivity index (χ1) is 12.0. The Morgan fingerprint density at radius 2 is 1.96 bits per heavy atom. The van der Waals surface area contributed by atoms with Crippen LogP contribution in [0.25, 0.3) is 0 Å². The molecule has 2 aromatic rings. The van der Waals surface area contributed by atoms with Crippen molar-refractivity contribution in [1.29, 1.82) is 0 Å². The normalized spacial score (nSPS) is 13.9. The van der Waals surface area contributed by atoms with Gasteiger partial charge in [-0.05, 0) is 36.8 Å². The molecule has 0 saturated carbocycles. The predicted molar refractivity (Wildman–Crippen MR) is 96.1 cm³/mol. The zero-order valence-electron chi connectivity index (χ0n) is 13.5. The molecule has 3 rings (SSSR count). The van der Waals surface area contributed by atoms with Crippen LogP contribution in [0.2, 0.25) is 5.02 Å². The lowest BCUT2D eigenvalue weighted by atomic mass is 10.1. The maximum atomic E-state index is 12.2. The van der Waals surface area contributed by atoms with E-state index in [-0.39, 0.29) is 19.1 Å². The summed E-state index contributed by atoms with van der Waals surface area (Å²) in [5, 5.41) is 4.71. The van der Waals surface area contributed by atoms with Gasteiger partial charge < -0.3 is 4.74 Å². The number of carbonyl (C=O) groups is 2. The Morgan fingerprint density at radius 3 is 2.72 bits per heavy atom. The summed E-state index contributed by atoms with van der Waals surface area (Å²) in [5.41, 5.74) is 4.53. The fourth-order valence-corrected chi connectivity index (χ4v) is 2.53. The molecule has 1 aliphatic rings. The zero-order chi connectivity index (χ0) is 17.8. The van der Waals surface area contributed by atoms with Gasteiger partial charge in [0.25, 0.3) is 11.8 Å². The molecule has 7 heteroatoms. The van der Waals surface area contributed by atoms with Crippen LogP contribution < -0.4 is 15.1 Å². The molecule has 0 radical (unpaired) electrons. The quantitative estimate of drug-likeness (QED) is 0.675. The summed E-state index contributed by atoms with van der Waals surface area (Å²) in [5.74, 6) is -0.0821. The molecule has 25 heavy (non-hydrogen) atoms. The van der Waals surface area contributed by atoms with E-state index >= 15 is 0 Å². The first-order valence-electron chi connectivity index (χ1n) is 7.66. The Kier molecular flexibility index (Phi) is 5.00. The van der Waals surface area contributed by atoms with Crippen LogP contribution in [0, 0.1) is 0 Å². The van der Waals surface area contributed by atoms with Crippen LogP contribution in [0.4, 0.5) is 5.69 Å². The molecule has 128 valence electrons. The van der Waals surface area contributed by atoms with Gasteiger partial charge in [0.05, 0.1) is 11.4 Å². The van der Waals surface area contributed by atoms with E-state index in [0.717, 1.165) is 5.56 Å². The summed E-state index contributed by atoms with van der Waals surface area (Å²) in [4.78, 5) is 25.6. The summed E-state index contributed by atoms with van der Waals surface area (Å²) in [6.45, 7) is 1.56. The van der Waals surface area contributed by atoms with Crippen molar-refractivity contribution in [3.8, 4) is 5.75 Å². The number of amides is 2. The minimum absolute atomic E-state index is 0.0859. The number of halogens is 1. The molecule has 1 aliphatic heterocycles. The molecular formula is C18H16ClN3O3. The Labute approximate surface area is 150 Å². The molecule has 0 aromatic heterocycles. The lowest BCUT2D eigenvalue weighted by Gasteiger charge is -2.28. The molecule has 2 amide bonds. The fraction of sp³-hybridized carbons (Fsp3) is 0.167. The van der Waals surface area contributed by atoms with E-state index in [1.807, 2.05) is 18.2 Å². The number of rotatable bonds is 4. The van der Waals surface area contributed by atoms with Crippen LogP contribution in [0.5, 0.6) is 5.75 Å². The molecule has 1 heterocycles. The van der Waals surface area contributed by atoms with Crippen molar-refractivity contribution in [1.82, 2.24) is 5.43 Å². The molecular weight excluding hydrogens is 342 g/mol. The molecule has 0 unspecified atom stereocenters. The summed E-state index contributed by atoms with van der Waals surface area (Å²) in [7, 11) is 0. The number of hydrogen-bond acceptors (Lipinski definition) is 4. The van der Waals surface area contributed by atoms with Gasteiger partial charge in [-0.1, -0.05) is 35.9 Å². The molecule has 0 atom stereocenters. The van der Waals surface area contributed by atoms with Crippen LogP contribution in [0.3, 0.4) is 0 Å². The number of hydrazone groups is 1. The number of ether oxygens (including phenoxy) is 1. The predicted octanol–water partition coefficient (Wildman–Crippen LogP) is 2.61. The largest absolute Gasteiger partial charge is 0.482 e. The number of carbonyl (C=O) groups excluding carboxylic acids is 2. The van der Waals surface area contributed by atoms with Crippen LogP contribution >= 0.6 is 11.6 Å². The van der Waals surface area contributed by atoms with E-state index in [1.54, 1.807) is 37.3 Å². The molecule has 0 saturated heterocycles. The molecule has 0 spiro atoms. The average molecular weight is 358 g/mol. The van der Waals surface area contributed by atoms with Crippen molar-refractivity contribution in [2.45, 2.75) is 6.92 Å². The second kappa shape index (κ2) is 7.36. The van der Waals surface area contributed by atoms with E-state index < -0.39 is 5.91 Å². The van der Waals surface area contributed by atoms with Gasteiger partial charge in [-0.15, -0.1) is 0 Å². The number of fused-ring (bicyclic) bond motifs is 1. The second-order valence-corrected chi connectivity index (χ2v) is 5.91. The Morgan fingerprint density at radius 1 is 1.24 bits per heavy atom. The zero-order valence-corrected chi connectivity index (χ0v) is 14.3. The van der Waals surface area contributed by atoms with Crippen LogP contribution in [0.15, 0.2) is 53.6 Å². The van der Waals surface area contributed by atoms with Gasteiger partial charge in [0, 0.05) is 5.02 Å². The molecule has 0 aliphatic carbocycles. The highest BCUT2D eigenvalue weighted by Crippen LogP contribution is 2.31. The maximum Gasteiger partial charge on any atom is 0.265 e. The Hall–Kier alpha value is -2.86. The Balaban J connectivity index is 1.67. The van der Waals surface area contributed by atoms with E-state index in [1.165, 1.54) is 4.90 Å². The van der Waals surface area contributed by atoms with Crippen molar-refractivity contribution >= 4 is 34.8 Å². The SMILES string of the molecule is C/C(=N/NC(=O)CN1C(=O)COc2ccccc21)c1ccc(Cl)cc1. The van der Waals surface area contributed by atoms with E-state index in [4.69, 9.17) is 16.3 Å². The molecule has 2 aromatic carbocycles. The number of hydrogen-bond donors (Lipinski definition) is 1. The first kappa shape index (κ1) is 17.0. The third-order valence-corrected chi connectivity index (χ3v) is 3.97. The highest BCUT2D eigenvalue weighted by Gasteiger charge is 2.26. The summed E-state index contributed by atoms with van der Waals surface area (Å²) >= 11 is 5.85.